The van der Waals surface area contributed by atoms with Gasteiger partial charge in [0.1, 0.15) is 0 Å². The molecule has 2 rings (SSSR count). The molecule has 1 saturated heterocycles. The van der Waals surface area contributed by atoms with Crippen molar-refractivity contribution >= 4 is 5.91 Å². The monoisotopic (exact) mass is 255 g/mol. The summed E-state index contributed by atoms with van der Waals surface area (Å²) < 4.78 is 4.88. The zero-order chi connectivity index (χ0) is 12.8. The average Bonchev–Trinajstić information content (AvgIpc) is 3.10. The molecule has 0 radical (unpaired) electrons. The first-order chi connectivity index (χ1) is 8.79. The van der Waals surface area contributed by atoms with Gasteiger partial charge in [-0.1, -0.05) is 0 Å². The molecule has 1 unspecified atom stereocenters. The maximum atomic E-state index is 11.4. The molecule has 1 amide bonds. The summed E-state index contributed by atoms with van der Waals surface area (Å²) in [6, 6.07) is 0.882. The molecule has 1 heterocycles. The highest BCUT2D eigenvalue weighted by Gasteiger charge is 2.33. The van der Waals surface area contributed by atoms with Gasteiger partial charge in [-0.05, 0) is 38.3 Å². The molecule has 0 aromatic rings. The molecular formula is C13H25N3O2. The van der Waals surface area contributed by atoms with Crippen molar-refractivity contribution in [2.24, 2.45) is 5.92 Å². The summed E-state index contributed by atoms with van der Waals surface area (Å²) in [7, 11) is 1.64. The van der Waals surface area contributed by atoms with Crippen molar-refractivity contribution in [2.45, 2.75) is 25.3 Å². The van der Waals surface area contributed by atoms with Crippen LogP contribution < -0.4 is 10.6 Å². The minimum absolute atomic E-state index is 0.0593. The normalized spacial score (nSPS) is 24.4. The number of rotatable bonds is 8. The van der Waals surface area contributed by atoms with E-state index in [1.54, 1.807) is 7.11 Å². The molecule has 1 aliphatic carbocycles. The van der Waals surface area contributed by atoms with Crippen LogP contribution in [0.15, 0.2) is 0 Å². The standard InChI is InChI=1S/C13H25N3O2/c1-18-7-5-15-13(17)9-14-8-11-4-6-16(10-11)12-2-3-12/h11-12,14H,2-10H2,1H3,(H,15,17). The van der Waals surface area contributed by atoms with Gasteiger partial charge in [-0.15, -0.1) is 0 Å². The lowest BCUT2D eigenvalue weighted by Gasteiger charge is -2.15. The van der Waals surface area contributed by atoms with Gasteiger partial charge in [0.15, 0.2) is 0 Å². The Hall–Kier alpha value is -0.650. The van der Waals surface area contributed by atoms with Crippen molar-refractivity contribution in [1.82, 2.24) is 15.5 Å². The molecule has 5 heteroatoms. The number of carbonyl (C=O) groups excluding carboxylic acids is 1. The van der Waals surface area contributed by atoms with E-state index in [1.807, 2.05) is 0 Å². The highest BCUT2D eigenvalue weighted by atomic mass is 16.5. The molecule has 5 nitrogen and oxygen atoms in total. The number of nitrogens with one attached hydrogen (secondary N) is 2. The lowest BCUT2D eigenvalue weighted by Crippen LogP contribution is -2.37. The maximum Gasteiger partial charge on any atom is 0.234 e. The van der Waals surface area contributed by atoms with E-state index in [-0.39, 0.29) is 5.91 Å². The van der Waals surface area contributed by atoms with Crippen LogP contribution >= 0.6 is 0 Å². The molecule has 0 aromatic carbocycles. The van der Waals surface area contributed by atoms with Gasteiger partial charge in [-0.2, -0.15) is 0 Å². The fourth-order valence-corrected chi connectivity index (χ4v) is 2.55. The SMILES string of the molecule is COCCNC(=O)CNCC1CCN(C2CC2)C1. The molecule has 1 aliphatic heterocycles. The minimum Gasteiger partial charge on any atom is -0.383 e. The summed E-state index contributed by atoms with van der Waals surface area (Å²) in [5.41, 5.74) is 0. The topological polar surface area (TPSA) is 53.6 Å². The van der Waals surface area contributed by atoms with Crippen LogP contribution in [-0.2, 0) is 9.53 Å². The summed E-state index contributed by atoms with van der Waals surface area (Å²) in [5.74, 6) is 0.779. The predicted octanol–water partition coefficient (Wildman–Crippen LogP) is -0.177. The third kappa shape index (κ3) is 4.55. The quantitative estimate of drug-likeness (QED) is 0.591. The zero-order valence-corrected chi connectivity index (χ0v) is 11.3. The van der Waals surface area contributed by atoms with E-state index < -0.39 is 0 Å². The van der Waals surface area contributed by atoms with E-state index in [2.05, 4.69) is 15.5 Å². The van der Waals surface area contributed by atoms with Gasteiger partial charge in [-0.25, -0.2) is 0 Å². The lowest BCUT2D eigenvalue weighted by molar-refractivity contribution is -0.120. The Morgan fingerprint density at radius 1 is 1.39 bits per heavy atom. The van der Waals surface area contributed by atoms with Gasteiger partial charge >= 0.3 is 0 Å². The Bertz CT molecular complexity index is 269. The molecule has 18 heavy (non-hydrogen) atoms. The van der Waals surface area contributed by atoms with E-state index in [0.29, 0.717) is 19.7 Å². The smallest absolute Gasteiger partial charge is 0.234 e. The number of hydrogen-bond acceptors (Lipinski definition) is 4. The van der Waals surface area contributed by atoms with E-state index >= 15 is 0 Å². The summed E-state index contributed by atoms with van der Waals surface area (Å²) in [6.07, 6.45) is 4.05. The molecular weight excluding hydrogens is 230 g/mol. The van der Waals surface area contributed by atoms with Crippen LogP contribution in [0.25, 0.3) is 0 Å². The van der Waals surface area contributed by atoms with Crippen molar-refractivity contribution < 1.29 is 9.53 Å². The second-order valence-electron chi connectivity index (χ2n) is 5.35. The summed E-state index contributed by atoms with van der Waals surface area (Å²) in [5, 5.41) is 6.06. The van der Waals surface area contributed by atoms with Crippen molar-refractivity contribution in [3.8, 4) is 0 Å². The van der Waals surface area contributed by atoms with Crippen molar-refractivity contribution in [2.75, 3.05) is 46.4 Å². The molecule has 0 bridgehead atoms. The number of carbonyl (C=O) groups is 1. The molecule has 2 N–H and O–H groups in total. The summed E-state index contributed by atoms with van der Waals surface area (Å²) >= 11 is 0. The Balaban J connectivity index is 1.49. The second kappa shape index (κ2) is 7.07. The Labute approximate surface area is 109 Å². The zero-order valence-electron chi connectivity index (χ0n) is 11.3. The van der Waals surface area contributed by atoms with Gasteiger partial charge in [0.25, 0.3) is 0 Å². The van der Waals surface area contributed by atoms with Crippen LogP contribution in [0.4, 0.5) is 0 Å². The first kappa shape index (κ1) is 13.8. The summed E-state index contributed by atoms with van der Waals surface area (Å²) in [6.45, 7) is 5.01. The number of methoxy groups -OCH3 is 1. The maximum absolute atomic E-state index is 11.4. The minimum atomic E-state index is 0.0593. The number of nitrogens with zero attached hydrogens (tertiary/aromatic N) is 1. The van der Waals surface area contributed by atoms with Gasteiger partial charge in [-0.3, -0.25) is 4.79 Å². The summed E-state index contributed by atoms with van der Waals surface area (Å²) in [4.78, 5) is 14.0. The van der Waals surface area contributed by atoms with Crippen molar-refractivity contribution in [1.29, 1.82) is 0 Å². The molecule has 2 aliphatic rings. The van der Waals surface area contributed by atoms with Crippen LogP contribution in [0.1, 0.15) is 19.3 Å². The van der Waals surface area contributed by atoms with Gasteiger partial charge < -0.3 is 20.3 Å². The van der Waals surface area contributed by atoms with E-state index in [1.165, 1.54) is 32.4 Å². The lowest BCUT2D eigenvalue weighted by atomic mass is 10.1. The fourth-order valence-electron chi connectivity index (χ4n) is 2.55. The van der Waals surface area contributed by atoms with Crippen LogP contribution in [0.2, 0.25) is 0 Å². The van der Waals surface area contributed by atoms with Crippen LogP contribution in [-0.4, -0.2) is 63.3 Å². The Kier molecular flexibility index (Phi) is 5.41. The first-order valence-corrected chi connectivity index (χ1v) is 7.00. The van der Waals surface area contributed by atoms with Gasteiger partial charge in [0.05, 0.1) is 13.2 Å². The third-order valence-electron chi connectivity index (χ3n) is 3.73. The average molecular weight is 255 g/mol. The predicted molar refractivity (Wildman–Crippen MR) is 70.5 cm³/mol. The number of likely N-dealkylation sites (tertiary alicyclic amines) is 1. The number of hydrogen-bond donors (Lipinski definition) is 2. The van der Waals surface area contributed by atoms with Gasteiger partial charge in [0, 0.05) is 26.2 Å². The van der Waals surface area contributed by atoms with E-state index in [0.717, 1.165) is 18.5 Å². The second-order valence-corrected chi connectivity index (χ2v) is 5.35. The molecule has 0 spiro atoms. The van der Waals surface area contributed by atoms with Crippen molar-refractivity contribution in [3.05, 3.63) is 0 Å². The molecule has 1 saturated carbocycles. The third-order valence-corrected chi connectivity index (χ3v) is 3.73. The van der Waals surface area contributed by atoms with Crippen LogP contribution in [0.3, 0.4) is 0 Å². The van der Waals surface area contributed by atoms with Gasteiger partial charge in [0.2, 0.25) is 5.91 Å². The Morgan fingerprint density at radius 2 is 2.22 bits per heavy atom. The molecule has 104 valence electrons. The largest absolute Gasteiger partial charge is 0.383 e. The van der Waals surface area contributed by atoms with Crippen molar-refractivity contribution in [3.63, 3.8) is 0 Å². The van der Waals surface area contributed by atoms with E-state index in [4.69, 9.17) is 4.74 Å². The van der Waals surface area contributed by atoms with E-state index in [9.17, 15) is 4.79 Å². The molecule has 0 aromatic heterocycles. The molecule has 2 fully saturated rings. The van der Waals surface area contributed by atoms with Crippen LogP contribution in [0, 0.1) is 5.92 Å². The highest BCUT2D eigenvalue weighted by molar-refractivity contribution is 5.77. The number of amides is 1. The Morgan fingerprint density at radius 3 is 2.94 bits per heavy atom. The number of ether oxygens (including phenoxy) is 1. The first-order valence-electron chi connectivity index (χ1n) is 7.00. The fraction of sp³-hybridized carbons (Fsp3) is 0.923. The van der Waals surface area contributed by atoms with Crippen LogP contribution in [0.5, 0.6) is 0 Å². The molecule has 1 atom stereocenters. The highest BCUT2D eigenvalue weighted by Crippen LogP contribution is 2.31.